The van der Waals surface area contributed by atoms with Crippen LogP contribution in [0.4, 0.5) is 5.82 Å². The average Bonchev–Trinajstić information content (AvgIpc) is 2.75. The third kappa shape index (κ3) is 6.46. The summed E-state index contributed by atoms with van der Waals surface area (Å²) in [6.07, 6.45) is 1.11. The van der Waals surface area contributed by atoms with Gasteiger partial charge >= 0.3 is 5.97 Å². The Morgan fingerprint density at radius 1 is 1.07 bits per heavy atom. The molecule has 0 saturated carbocycles. The summed E-state index contributed by atoms with van der Waals surface area (Å²) < 4.78 is 5.24. The number of aromatic nitrogens is 2. The monoisotopic (exact) mass is 425 g/mol. The Morgan fingerprint density at radius 3 is 2.53 bits per heavy atom. The smallest absolute Gasteiger partial charge is 0.306 e. The van der Waals surface area contributed by atoms with Crippen molar-refractivity contribution in [2.24, 2.45) is 0 Å². The third-order valence-electron chi connectivity index (χ3n) is 4.59. The molecular weight excluding hydrogens is 402 g/mol. The minimum atomic E-state index is -0.365. The van der Waals surface area contributed by atoms with Crippen molar-refractivity contribution in [1.82, 2.24) is 9.97 Å². The molecule has 7 heteroatoms. The first-order valence-corrected chi connectivity index (χ1v) is 10.2. The summed E-state index contributed by atoms with van der Waals surface area (Å²) in [4.78, 5) is 31.1. The van der Waals surface area contributed by atoms with Gasteiger partial charge in [-0.3, -0.25) is 9.59 Å². The van der Waals surface area contributed by atoms with Crippen LogP contribution in [0.15, 0.2) is 59.4 Å². The van der Waals surface area contributed by atoms with Crippen molar-refractivity contribution in [1.29, 1.82) is 0 Å². The molecule has 0 amide bonds. The lowest BCUT2D eigenvalue weighted by Gasteiger charge is -2.09. The van der Waals surface area contributed by atoms with Crippen LogP contribution in [0.25, 0.3) is 0 Å². The maximum absolute atomic E-state index is 12.3. The molecule has 0 unspecified atom stereocenters. The first kappa shape index (κ1) is 21.6. The molecule has 0 spiro atoms. The molecule has 0 saturated heterocycles. The molecule has 1 heterocycles. The van der Waals surface area contributed by atoms with Crippen molar-refractivity contribution in [2.45, 2.75) is 32.8 Å². The minimum absolute atomic E-state index is 0.102. The summed E-state index contributed by atoms with van der Waals surface area (Å²) in [6, 6.07) is 17.7. The maximum Gasteiger partial charge on any atom is 0.306 e. The second-order valence-corrected chi connectivity index (χ2v) is 7.35. The molecule has 30 heavy (non-hydrogen) atoms. The summed E-state index contributed by atoms with van der Waals surface area (Å²) in [5.41, 5.74) is 3.34. The van der Waals surface area contributed by atoms with Crippen LogP contribution in [0.5, 0.6) is 0 Å². The normalized spacial score (nSPS) is 10.6. The number of nitrogens with zero attached hydrogens (tertiary/aromatic N) is 1. The van der Waals surface area contributed by atoms with Gasteiger partial charge < -0.3 is 15.0 Å². The molecule has 0 aliphatic rings. The molecule has 2 N–H and O–H groups in total. The van der Waals surface area contributed by atoms with Crippen molar-refractivity contribution in [3.05, 3.63) is 92.5 Å². The highest BCUT2D eigenvalue weighted by molar-refractivity contribution is 6.30. The highest BCUT2D eigenvalue weighted by Crippen LogP contribution is 2.13. The molecule has 156 valence electrons. The molecule has 6 nitrogen and oxygen atoms in total. The summed E-state index contributed by atoms with van der Waals surface area (Å²) in [5.74, 6) is -0.196. The fourth-order valence-electron chi connectivity index (χ4n) is 2.87. The Kier molecular flexibility index (Phi) is 7.63. The number of ether oxygens (including phenoxy) is 1. The quantitative estimate of drug-likeness (QED) is 0.505. The lowest BCUT2D eigenvalue weighted by atomic mass is 10.1. The van der Waals surface area contributed by atoms with Crippen LogP contribution in [0.2, 0.25) is 5.15 Å². The zero-order valence-corrected chi connectivity index (χ0v) is 17.5. The van der Waals surface area contributed by atoms with Gasteiger partial charge in [0.05, 0.1) is 12.1 Å². The van der Waals surface area contributed by atoms with E-state index in [0.717, 1.165) is 12.0 Å². The molecule has 0 fully saturated rings. The number of benzene rings is 2. The van der Waals surface area contributed by atoms with Gasteiger partial charge in [0.25, 0.3) is 5.56 Å². The van der Waals surface area contributed by atoms with Crippen LogP contribution in [0, 0.1) is 6.92 Å². The fraction of sp³-hybridized carbons (Fsp3) is 0.261. The predicted molar refractivity (Wildman–Crippen MR) is 118 cm³/mol. The van der Waals surface area contributed by atoms with Crippen molar-refractivity contribution < 1.29 is 9.53 Å². The van der Waals surface area contributed by atoms with E-state index in [1.165, 1.54) is 11.1 Å². The highest BCUT2D eigenvalue weighted by Gasteiger charge is 2.12. The van der Waals surface area contributed by atoms with Crippen LogP contribution in [-0.4, -0.2) is 22.5 Å². The van der Waals surface area contributed by atoms with Gasteiger partial charge in [-0.25, -0.2) is 4.98 Å². The molecule has 3 aromatic rings. The Balaban J connectivity index is 1.49. The molecular formula is C23H24ClN3O3. The van der Waals surface area contributed by atoms with E-state index in [2.05, 4.69) is 39.6 Å². The Labute approximate surface area is 180 Å². The molecule has 0 atom stereocenters. The van der Waals surface area contributed by atoms with E-state index in [0.29, 0.717) is 12.2 Å². The van der Waals surface area contributed by atoms with Gasteiger partial charge in [-0.05, 0) is 24.5 Å². The lowest BCUT2D eigenvalue weighted by molar-refractivity contribution is -0.144. The van der Waals surface area contributed by atoms with Crippen molar-refractivity contribution in [3.8, 4) is 0 Å². The van der Waals surface area contributed by atoms with Gasteiger partial charge in [0, 0.05) is 13.0 Å². The molecule has 0 aliphatic heterocycles. The summed E-state index contributed by atoms with van der Waals surface area (Å²) in [7, 11) is 0. The van der Waals surface area contributed by atoms with E-state index in [1.54, 1.807) is 0 Å². The van der Waals surface area contributed by atoms with Gasteiger partial charge in [0.2, 0.25) is 0 Å². The number of rotatable bonds is 9. The van der Waals surface area contributed by atoms with Crippen LogP contribution < -0.4 is 10.9 Å². The van der Waals surface area contributed by atoms with Crippen molar-refractivity contribution in [3.63, 3.8) is 0 Å². The Hall–Kier alpha value is -3.12. The minimum Gasteiger partial charge on any atom is -0.461 e. The van der Waals surface area contributed by atoms with Crippen LogP contribution in [0.3, 0.4) is 0 Å². The Morgan fingerprint density at radius 2 is 1.80 bits per heavy atom. The van der Waals surface area contributed by atoms with Gasteiger partial charge in [0.15, 0.2) is 11.0 Å². The first-order valence-electron chi connectivity index (χ1n) is 9.79. The largest absolute Gasteiger partial charge is 0.461 e. The van der Waals surface area contributed by atoms with E-state index >= 15 is 0 Å². The van der Waals surface area contributed by atoms with E-state index < -0.39 is 0 Å². The van der Waals surface area contributed by atoms with Gasteiger partial charge in [-0.1, -0.05) is 71.8 Å². The summed E-state index contributed by atoms with van der Waals surface area (Å²) in [6.45, 7) is 2.81. The Bertz CT molecular complexity index is 1030. The predicted octanol–water partition coefficient (Wildman–Crippen LogP) is 4.06. The third-order valence-corrected chi connectivity index (χ3v) is 4.90. The molecule has 0 aliphatic carbocycles. The number of nitrogens with one attached hydrogen (secondary N) is 2. The number of carbonyl (C=O) groups is 1. The molecule has 2 aromatic carbocycles. The number of carbonyl (C=O) groups excluding carboxylic acids is 1. The topological polar surface area (TPSA) is 84.1 Å². The summed E-state index contributed by atoms with van der Waals surface area (Å²) in [5, 5.41) is 3.19. The number of aromatic amines is 1. The second kappa shape index (κ2) is 10.6. The molecule has 1 aromatic heterocycles. The number of hydrogen-bond donors (Lipinski definition) is 2. The zero-order valence-electron chi connectivity index (χ0n) is 16.8. The van der Waals surface area contributed by atoms with E-state index in [4.69, 9.17) is 16.3 Å². The SMILES string of the molecule is Cc1ccc(CCNc2nc(Cl)c(CCC(=O)OCc3ccccc3)[nH]c2=O)cc1. The number of esters is 1. The molecule has 0 radical (unpaired) electrons. The van der Waals surface area contributed by atoms with E-state index in [1.807, 2.05) is 37.3 Å². The van der Waals surface area contributed by atoms with Crippen LogP contribution >= 0.6 is 11.6 Å². The van der Waals surface area contributed by atoms with E-state index in [-0.39, 0.29) is 41.9 Å². The first-order chi connectivity index (χ1) is 14.5. The highest BCUT2D eigenvalue weighted by atomic mass is 35.5. The van der Waals surface area contributed by atoms with Crippen LogP contribution in [0.1, 0.15) is 28.8 Å². The van der Waals surface area contributed by atoms with Gasteiger partial charge in [-0.15, -0.1) is 0 Å². The van der Waals surface area contributed by atoms with Gasteiger partial charge in [0.1, 0.15) is 6.61 Å². The number of halogens is 1. The molecule has 0 bridgehead atoms. The lowest BCUT2D eigenvalue weighted by Crippen LogP contribution is -2.20. The number of anilines is 1. The number of H-pyrrole nitrogens is 1. The molecule has 3 rings (SSSR count). The fourth-order valence-corrected chi connectivity index (χ4v) is 3.09. The van der Waals surface area contributed by atoms with E-state index in [9.17, 15) is 9.59 Å². The number of hydrogen-bond acceptors (Lipinski definition) is 5. The van der Waals surface area contributed by atoms with Crippen molar-refractivity contribution in [2.75, 3.05) is 11.9 Å². The summed E-state index contributed by atoms with van der Waals surface area (Å²) >= 11 is 6.20. The van der Waals surface area contributed by atoms with Gasteiger partial charge in [-0.2, -0.15) is 0 Å². The second-order valence-electron chi connectivity index (χ2n) is 6.99. The standard InChI is InChI=1S/C23H24ClN3O3/c1-16-7-9-17(10-8-16)13-14-25-22-23(29)26-19(21(24)27-22)11-12-20(28)30-15-18-5-3-2-4-6-18/h2-10H,11-15H2,1H3,(H,25,27)(H,26,29). The van der Waals surface area contributed by atoms with Crippen molar-refractivity contribution >= 4 is 23.4 Å². The maximum atomic E-state index is 12.3. The number of aryl methyl sites for hydroxylation is 2. The average molecular weight is 426 g/mol. The zero-order chi connectivity index (χ0) is 21.3. The van der Waals surface area contributed by atoms with Crippen LogP contribution in [-0.2, 0) is 29.0 Å².